The Morgan fingerprint density at radius 3 is 2.43 bits per heavy atom. The lowest BCUT2D eigenvalue weighted by molar-refractivity contribution is -0.115. The van der Waals surface area contributed by atoms with Crippen molar-refractivity contribution in [3.63, 3.8) is 0 Å². The summed E-state index contributed by atoms with van der Waals surface area (Å²) in [5.74, 6) is -1.16. The minimum atomic E-state index is -0.572. The number of rotatable bonds is 5. The number of nitrogens with zero attached hydrogens (tertiary/aromatic N) is 2. The lowest BCUT2D eigenvalue weighted by Gasteiger charge is -2.11. The summed E-state index contributed by atoms with van der Waals surface area (Å²) in [6, 6.07) is 11.0. The zero-order chi connectivity index (χ0) is 20.1. The summed E-state index contributed by atoms with van der Waals surface area (Å²) in [5.41, 5.74) is 8.82. The van der Waals surface area contributed by atoms with Crippen LogP contribution in [0.4, 0.5) is 21.5 Å². The average molecular weight is 379 g/mol. The number of hydrogen-bond donors (Lipinski definition) is 3. The van der Waals surface area contributed by atoms with Crippen molar-refractivity contribution >= 4 is 28.9 Å². The third kappa shape index (κ3) is 4.47. The Labute approximate surface area is 160 Å². The largest absolute Gasteiger partial charge is 0.397 e. The van der Waals surface area contributed by atoms with Crippen LogP contribution in [-0.4, -0.2) is 21.8 Å². The molecule has 0 aliphatic carbocycles. The maximum absolute atomic E-state index is 13.0. The van der Waals surface area contributed by atoms with E-state index in [1.807, 2.05) is 0 Å². The highest BCUT2D eigenvalue weighted by Gasteiger charge is 2.11. The van der Waals surface area contributed by atoms with Crippen LogP contribution in [0.3, 0.4) is 0 Å². The standard InChI is InChI=1S/C20H18FN5O2/c1-2-19(27)25-14-5-7-16(23-11-14)20(28)26-17-9-12(3-6-15(17)22)13-4-8-18(21)24-10-13/h3-11H,2,22H2,1H3,(H,25,27)(H,26,28). The van der Waals surface area contributed by atoms with Crippen LogP contribution in [-0.2, 0) is 4.79 Å². The minimum Gasteiger partial charge on any atom is -0.397 e. The van der Waals surface area contributed by atoms with Gasteiger partial charge in [0.05, 0.1) is 23.3 Å². The number of aromatic nitrogens is 2. The van der Waals surface area contributed by atoms with Crippen LogP contribution >= 0.6 is 0 Å². The normalized spacial score (nSPS) is 10.4. The Hall–Kier alpha value is -3.81. The lowest BCUT2D eigenvalue weighted by atomic mass is 10.1. The molecule has 8 heteroatoms. The molecule has 2 amide bonds. The molecule has 0 saturated carbocycles. The van der Waals surface area contributed by atoms with Gasteiger partial charge in [0.2, 0.25) is 11.9 Å². The van der Waals surface area contributed by atoms with Gasteiger partial charge in [-0.15, -0.1) is 0 Å². The van der Waals surface area contributed by atoms with Gasteiger partial charge in [-0.05, 0) is 42.0 Å². The number of carbonyl (C=O) groups is 2. The Kier molecular flexibility index (Phi) is 5.59. The highest BCUT2D eigenvalue weighted by molar-refractivity contribution is 6.05. The van der Waals surface area contributed by atoms with Gasteiger partial charge in [0.25, 0.3) is 5.91 Å². The average Bonchev–Trinajstić information content (AvgIpc) is 2.70. The number of nitrogens with one attached hydrogen (secondary N) is 2. The van der Waals surface area contributed by atoms with Crippen LogP contribution < -0.4 is 16.4 Å². The van der Waals surface area contributed by atoms with E-state index in [2.05, 4.69) is 20.6 Å². The van der Waals surface area contributed by atoms with Gasteiger partial charge in [-0.1, -0.05) is 13.0 Å². The molecular formula is C20H18FN5O2. The van der Waals surface area contributed by atoms with Crippen molar-refractivity contribution in [2.24, 2.45) is 0 Å². The van der Waals surface area contributed by atoms with Gasteiger partial charge in [-0.2, -0.15) is 4.39 Å². The summed E-state index contributed by atoms with van der Waals surface area (Å²) in [6.07, 6.45) is 3.16. The maximum Gasteiger partial charge on any atom is 0.274 e. The van der Waals surface area contributed by atoms with E-state index < -0.39 is 11.9 Å². The van der Waals surface area contributed by atoms with Gasteiger partial charge < -0.3 is 16.4 Å². The molecule has 0 radical (unpaired) electrons. The Morgan fingerprint density at radius 2 is 1.79 bits per heavy atom. The number of anilines is 3. The quantitative estimate of drug-likeness (QED) is 0.464. The second kappa shape index (κ2) is 8.26. The molecule has 0 unspecified atom stereocenters. The molecule has 0 aliphatic heterocycles. The van der Waals surface area contributed by atoms with Gasteiger partial charge in [0.15, 0.2) is 0 Å². The molecule has 0 atom stereocenters. The predicted octanol–water partition coefficient (Wildman–Crippen LogP) is 3.47. The number of benzene rings is 1. The van der Waals surface area contributed by atoms with Crippen LogP contribution in [0.1, 0.15) is 23.8 Å². The van der Waals surface area contributed by atoms with E-state index in [1.165, 1.54) is 24.5 Å². The third-order valence-electron chi connectivity index (χ3n) is 3.96. The number of pyridine rings is 2. The van der Waals surface area contributed by atoms with E-state index >= 15 is 0 Å². The second-order valence-electron chi connectivity index (χ2n) is 5.96. The van der Waals surface area contributed by atoms with Crippen LogP contribution in [0.25, 0.3) is 11.1 Å². The Bertz CT molecular complexity index is 1000. The number of nitrogen functional groups attached to an aromatic ring is 1. The Balaban J connectivity index is 1.77. The molecular weight excluding hydrogens is 361 g/mol. The van der Waals surface area contributed by atoms with E-state index in [4.69, 9.17) is 5.73 Å². The molecule has 142 valence electrons. The SMILES string of the molecule is CCC(=O)Nc1ccc(C(=O)Nc2cc(-c3ccc(F)nc3)ccc2N)nc1. The molecule has 2 aromatic heterocycles. The van der Waals surface area contributed by atoms with Gasteiger partial charge >= 0.3 is 0 Å². The fraction of sp³-hybridized carbons (Fsp3) is 0.100. The molecule has 0 fully saturated rings. The first-order chi connectivity index (χ1) is 13.5. The topological polar surface area (TPSA) is 110 Å². The number of amides is 2. The fourth-order valence-corrected chi connectivity index (χ4v) is 2.43. The van der Waals surface area contributed by atoms with E-state index in [1.54, 1.807) is 37.3 Å². The summed E-state index contributed by atoms with van der Waals surface area (Å²) < 4.78 is 13.0. The van der Waals surface area contributed by atoms with E-state index in [0.29, 0.717) is 29.0 Å². The third-order valence-corrected chi connectivity index (χ3v) is 3.96. The van der Waals surface area contributed by atoms with Crippen molar-refractivity contribution in [3.05, 3.63) is 66.5 Å². The highest BCUT2D eigenvalue weighted by atomic mass is 19.1. The van der Waals surface area contributed by atoms with Crippen molar-refractivity contribution in [1.82, 2.24) is 9.97 Å². The fourth-order valence-electron chi connectivity index (χ4n) is 2.43. The number of nitrogens with two attached hydrogens (primary N) is 1. The molecule has 0 spiro atoms. The zero-order valence-corrected chi connectivity index (χ0v) is 15.1. The smallest absolute Gasteiger partial charge is 0.274 e. The molecule has 0 saturated heterocycles. The molecule has 0 bridgehead atoms. The zero-order valence-electron chi connectivity index (χ0n) is 15.1. The monoisotopic (exact) mass is 379 g/mol. The first-order valence-corrected chi connectivity index (χ1v) is 8.55. The van der Waals surface area contributed by atoms with Crippen LogP contribution in [0, 0.1) is 5.95 Å². The summed E-state index contributed by atoms with van der Waals surface area (Å²) in [7, 11) is 0. The van der Waals surface area contributed by atoms with E-state index in [-0.39, 0.29) is 11.6 Å². The van der Waals surface area contributed by atoms with Gasteiger partial charge in [-0.3, -0.25) is 9.59 Å². The van der Waals surface area contributed by atoms with Crippen molar-refractivity contribution in [1.29, 1.82) is 0 Å². The first kappa shape index (κ1) is 19.0. The van der Waals surface area contributed by atoms with E-state index in [0.717, 1.165) is 5.56 Å². The molecule has 28 heavy (non-hydrogen) atoms. The second-order valence-corrected chi connectivity index (χ2v) is 5.96. The van der Waals surface area contributed by atoms with E-state index in [9.17, 15) is 14.0 Å². The molecule has 3 aromatic rings. The van der Waals surface area contributed by atoms with Crippen molar-refractivity contribution in [3.8, 4) is 11.1 Å². The maximum atomic E-state index is 13.0. The number of hydrogen-bond acceptors (Lipinski definition) is 5. The van der Waals surface area contributed by atoms with Crippen molar-refractivity contribution < 1.29 is 14.0 Å². The lowest BCUT2D eigenvalue weighted by Crippen LogP contribution is -2.15. The summed E-state index contributed by atoms with van der Waals surface area (Å²) in [5, 5.41) is 5.37. The number of carbonyl (C=O) groups excluding carboxylic acids is 2. The van der Waals surface area contributed by atoms with Crippen molar-refractivity contribution in [2.45, 2.75) is 13.3 Å². The Morgan fingerprint density at radius 1 is 1.00 bits per heavy atom. The summed E-state index contributed by atoms with van der Waals surface area (Å²) >= 11 is 0. The molecule has 0 aliphatic rings. The van der Waals surface area contributed by atoms with Gasteiger partial charge in [-0.25, -0.2) is 9.97 Å². The molecule has 2 heterocycles. The first-order valence-electron chi connectivity index (χ1n) is 8.55. The predicted molar refractivity (Wildman–Crippen MR) is 105 cm³/mol. The molecule has 3 rings (SSSR count). The van der Waals surface area contributed by atoms with Crippen LogP contribution in [0.2, 0.25) is 0 Å². The van der Waals surface area contributed by atoms with Crippen LogP contribution in [0.5, 0.6) is 0 Å². The highest BCUT2D eigenvalue weighted by Crippen LogP contribution is 2.27. The molecule has 1 aromatic carbocycles. The van der Waals surface area contributed by atoms with Gasteiger partial charge in [0, 0.05) is 18.2 Å². The minimum absolute atomic E-state index is 0.140. The van der Waals surface area contributed by atoms with Gasteiger partial charge in [0.1, 0.15) is 5.69 Å². The van der Waals surface area contributed by atoms with Crippen molar-refractivity contribution in [2.75, 3.05) is 16.4 Å². The van der Waals surface area contributed by atoms with Crippen LogP contribution in [0.15, 0.2) is 54.9 Å². The summed E-state index contributed by atoms with van der Waals surface area (Å²) in [6.45, 7) is 1.74. The molecule has 7 nitrogen and oxygen atoms in total. The summed E-state index contributed by atoms with van der Waals surface area (Å²) in [4.78, 5) is 31.5. The number of halogens is 1. The molecule has 4 N–H and O–H groups in total.